The van der Waals surface area contributed by atoms with E-state index >= 15 is 0 Å². The minimum Gasteiger partial charge on any atom is -0.504 e. The molecule has 0 aromatic heterocycles. The van der Waals surface area contributed by atoms with Crippen molar-refractivity contribution in [2.75, 3.05) is 26.1 Å². The average molecular weight is 457 g/mol. The number of carbonyl (C=O) groups excluding carboxylic acids is 2. The molecule has 9 heteroatoms. The molecule has 30 heavy (non-hydrogen) atoms. The average Bonchev–Trinajstić information content (AvgIpc) is 3.27. The summed E-state index contributed by atoms with van der Waals surface area (Å²) in [6.07, 6.45) is 6.17. The van der Waals surface area contributed by atoms with Gasteiger partial charge in [-0.1, -0.05) is 34.1 Å². The Kier molecular flexibility index (Phi) is 11.0. The molecule has 1 aliphatic heterocycles. The minimum atomic E-state index is -0.884. The zero-order valence-electron chi connectivity index (χ0n) is 17.0. The molecule has 1 aromatic carbocycles. The topological polar surface area (TPSA) is 102 Å². The van der Waals surface area contributed by atoms with Crippen LogP contribution in [0.1, 0.15) is 37.7 Å². The summed E-state index contributed by atoms with van der Waals surface area (Å²) in [5.74, 6) is 0.459. The van der Waals surface area contributed by atoms with E-state index in [4.69, 9.17) is 14.2 Å². The number of aromatic hydroxyl groups is 1. The zero-order chi connectivity index (χ0) is 21.8. The van der Waals surface area contributed by atoms with Crippen LogP contribution >= 0.6 is 21.6 Å². The number of carbonyl (C=O) groups is 2. The summed E-state index contributed by atoms with van der Waals surface area (Å²) in [7, 11) is 5.26. The molecule has 2 atom stereocenters. The molecule has 7 nitrogen and oxygen atoms in total. The Balaban J connectivity index is 1.66. The summed E-state index contributed by atoms with van der Waals surface area (Å²) in [6.45, 7) is -0.645. The Morgan fingerprint density at radius 1 is 1.33 bits per heavy atom. The Labute approximate surface area is 184 Å². The van der Waals surface area contributed by atoms with Crippen LogP contribution in [-0.2, 0) is 19.1 Å². The van der Waals surface area contributed by atoms with E-state index in [1.54, 1.807) is 12.1 Å². The first-order valence-corrected chi connectivity index (χ1v) is 12.2. The third-order valence-electron chi connectivity index (χ3n) is 4.41. The van der Waals surface area contributed by atoms with E-state index in [-0.39, 0.29) is 18.8 Å². The van der Waals surface area contributed by atoms with Crippen molar-refractivity contribution < 1.29 is 34.0 Å². The number of unbranched alkanes of at least 4 members (excludes halogenated alkanes) is 1. The van der Waals surface area contributed by atoms with Gasteiger partial charge in [-0.15, -0.1) is 0 Å². The maximum absolute atomic E-state index is 11.9. The smallest absolute Gasteiger partial charge is 0.330 e. The molecule has 0 saturated carbocycles. The van der Waals surface area contributed by atoms with Crippen LogP contribution in [0, 0.1) is 0 Å². The van der Waals surface area contributed by atoms with Crippen LogP contribution in [0.4, 0.5) is 0 Å². The van der Waals surface area contributed by atoms with Crippen molar-refractivity contribution in [1.82, 2.24) is 0 Å². The van der Waals surface area contributed by atoms with Gasteiger partial charge in [-0.05, 0) is 43.0 Å². The van der Waals surface area contributed by atoms with Crippen LogP contribution in [0.5, 0.6) is 11.5 Å². The molecular weight excluding hydrogens is 428 g/mol. The molecule has 1 saturated heterocycles. The maximum Gasteiger partial charge on any atom is 0.330 e. The summed E-state index contributed by atoms with van der Waals surface area (Å²) in [4.78, 5) is 23.8. The largest absolute Gasteiger partial charge is 0.504 e. The number of esters is 2. The molecule has 0 aliphatic carbocycles. The standard InChI is InChI=1S/C21H28O7S2/c1-26-19-12-15(6-8-18(19)23)7-9-20(24)27-14-16(13-22)28-21(25)5-3-2-4-17-10-11-29-30-17/h6-9,12,16-17,22-23H,2-5,10-11,13-14H2,1H3/b9-7+/t16?,17-/m1/s1. The number of methoxy groups -OCH3 is 1. The normalized spacial score (nSPS) is 17.1. The SMILES string of the molecule is COc1cc(/C=C/C(=O)OCC(CO)OC(=O)CCCC[C@@H]2CCSS2)ccc1O. The van der Waals surface area contributed by atoms with Gasteiger partial charge in [0, 0.05) is 23.5 Å². The van der Waals surface area contributed by atoms with Crippen molar-refractivity contribution in [2.45, 2.75) is 43.5 Å². The third kappa shape index (κ3) is 8.89. The van der Waals surface area contributed by atoms with Gasteiger partial charge in [-0.2, -0.15) is 0 Å². The van der Waals surface area contributed by atoms with Crippen LogP contribution in [0.25, 0.3) is 6.08 Å². The van der Waals surface area contributed by atoms with Gasteiger partial charge in [0.05, 0.1) is 13.7 Å². The Bertz CT molecular complexity index is 717. The first-order chi connectivity index (χ1) is 14.5. The van der Waals surface area contributed by atoms with Crippen molar-refractivity contribution in [1.29, 1.82) is 0 Å². The van der Waals surface area contributed by atoms with E-state index in [1.165, 1.54) is 37.5 Å². The highest BCUT2D eigenvalue weighted by molar-refractivity contribution is 8.77. The van der Waals surface area contributed by atoms with Gasteiger partial charge in [-0.25, -0.2) is 4.79 Å². The first kappa shape index (κ1) is 24.4. The van der Waals surface area contributed by atoms with Gasteiger partial charge < -0.3 is 24.4 Å². The molecule has 0 amide bonds. The Hall–Kier alpha value is -1.84. The number of hydrogen-bond acceptors (Lipinski definition) is 9. The lowest BCUT2D eigenvalue weighted by Crippen LogP contribution is -2.28. The summed E-state index contributed by atoms with van der Waals surface area (Å²) >= 11 is 0. The second kappa shape index (κ2) is 13.5. The number of ether oxygens (including phenoxy) is 3. The number of rotatable bonds is 12. The van der Waals surface area contributed by atoms with Gasteiger partial charge in [0.2, 0.25) is 0 Å². The van der Waals surface area contributed by atoms with Crippen molar-refractivity contribution in [3.63, 3.8) is 0 Å². The van der Waals surface area contributed by atoms with E-state index in [9.17, 15) is 19.8 Å². The fourth-order valence-corrected chi connectivity index (χ4v) is 5.79. The van der Waals surface area contributed by atoms with Crippen molar-refractivity contribution in [2.24, 2.45) is 0 Å². The number of phenolic OH excluding ortho intramolecular Hbond substituents is 1. The number of benzene rings is 1. The second-order valence-corrected chi connectivity index (χ2v) is 9.55. The van der Waals surface area contributed by atoms with Crippen molar-refractivity contribution in [3.05, 3.63) is 29.8 Å². The maximum atomic E-state index is 11.9. The first-order valence-electron chi connectivity index (χ1n) is 9.82. The van der Waals surface area contributed by atoms with Gasteiger partial charge in [-0.3, -0.25) is 4.79 Å². The van der Waals surface area contributed by atoms with E-state index in [0.717, 1.165) is 19.3 Å². The zero-order valence-corrected chi connectivity index (χ0v) is 18.6. The van der Waals surface area contributed by atoms with Crippen molar-refractivity contribution >= 4 is 39.6 Å². The molecule has 0 radical (unpaired) electrons. The molecule has 1 unspecified atom stereocenters. The lowest BCUT2D eigenvalue weighted by molar-refractivity contribution is -0.159. The Morgan fingerprint density at radius 3 is 2.87 bits per heavy atom. The second-order valence-electron chi connectivity index (χ2n) is 6.76. The molecule has 2 rings (SSSR count). The summed E-state index contributed by atoms with van der Waals surface area (Å²) in [5, 5.41) is 19.6. The molecule has 0 bridgehead atoms. The predicted octanol–water partition coefficient (Wildman–Crippen LogP) is 3.58. The number of hydrogen-bond donors (Lipinski definition) is 2. The van der Waals surface area contributed by atoms with Gasteiger partial charge in [0.25, 0.3) is 0 Å². The molecule has 1 heterocycles. The van der Waals surface area contributed by atoms with Gasteiger partial charge in [0.15, 0.2) is 17.6 Å². The van der Waals surface area contributed by atoms with E-state index < -0.39 is 24.6 Å². The molecular formula is C21H28O7S2. The fraction of sp³-hybridized carbons (Fsp3) is 0.524. The van der Waals surface area contributed by atoms with E-state index in [0.29, 0.717) is 16.6 Å². The highest BCUT2D eigenvalue weighted by atomic mass is 33.1. The van der Waals surface area contributed by atoms with Crippen LogP contribution in [-0.4, -0.2) is 59.6 Å². The molecule has 1 aromatic rings. The predicted molar refractivity (Wildman–Crippen MR) is 119 cm³/mol. The number of aliphatic hydroxyl groups excluding tert-OH is 1. The lowest BCUT2D eigenvalue weighted by Gasteiger charge is -2.15. The van der Waals surface area contributed by atoms with Gasteiger partial charge in [0.1, 0.15) is 6.61 Å². The number of aliphatic hydroxyl groups is 1. The monoisotopic (exact) mass is 456 g/mol. The van der Waals surface area contributed by atoms with E-state index in [2.05, 4.69) is 0 Å². The minimum absolute atomic E-state index is 0.00116. The van der Waals surface area contributed by atoms with Crippen LogP contribution < -0.4 is 4.74 Å². The van der Waals surface area contributed by atoms with Gasteiger partial charge >= 0.3 is 11.9 Å². The van der Waals surface area contributed by atoms with Crippen LogP contribution in [0.15, 0.2) is 24.3 Å². The van der Waals surface area contributed by atoms with Crippen LogP contribution in [0.2, 0.25) is 0 Å². The highest BCUT2D eigenvalue weighted by Gasteiger charge is 2.18. The van der Waals surface area contributed by atoms with Crippen LogP contribution in [0.3, 0.4) is 0 Å². The Morgan fingerprint density at radius 2 is 2.17 bits per heavy atom. The summed E-state index contributed by atoms with van der Waals surface area (Å²) in [5.41, 5.74) is 0.640. The molecule has 1 fully saturated rings. The molecule has 166 valence electrons. The molecule has 0 spiro atoms. The quantitative estimate of drug-likeness (QED) is 0.211. The summed E-state index contributed by atoms with van der Waals surface area (Å²) in [6, 6.07) is 4.64. The fourth-order valence-electron chi connectivity index (χ4n) is 2.76. The lowest BCUT2D eigenvalue weighted by atomic mass is 10.1. The van der Waals surface area contributed by atoms with Crippen molar-refractivity contribution in [3.8, 4) is 11.5 Å². The third-order valence-corrected chi connectivity index (χ3v) is 7.42. The molecule has 2 N–H and O–H groups in total. The summed E-state index contributed by atoms with van der Waals surface area (Å²) < 4.78 is 15.2. The molecule has 1 aliphatic rings. The highest BCUT2D eigenvalue weighted by Crippen LogP contribution is 2.39. The van der Waals surface area contributed by atoms with E-state index in [1.807, 2.05) is 21.6 Å². The number of phenols is 1.